The third-order valence-electron chi connectivity index (χ3n) is 5.95. The minimum Gasteiger partial charge on any atom is -0.373 e. The topological polar surface area (TPSA) is 21.3 Å². The predicted octanol–water partition coefficient (Wildman–Crippen LogP) is 6.45. The Morgan fingerprint density at radius 3 is 1.94 bits per heavy atom. The maximum absolute atomic E-state index is 12.8. The first kappa shape index (κ1) is 24.3. The van der Waals surface area contributed by atoms with Gasteiger partial charge in [-0.25, -0.2) is 0 Å². The highest BCUT2D eigenvalue weighted by Gasteiger charge is 2.34. The summed E-state index contributed by atoms with van der Waals surface area (Å²) in [7, 11) is 0. The van der Waals surface area contributed by atoms with E-state index in [1.54, 1.807) is 0 Å². The largest absolute Gasteiger partial charge is 0.416 e. The lowest BCUT2D eigenvalue weighted by atomic mass is 9.76. The summed E-state index contributed by atoms with van der Waals surface area (Å²) < 4.78 is 44.8. The van der Waals surface area contributed by atoms with Gasteiger partial charge < -0.3 is 10.1 Å². The van der Waals surface area contributed by atoms with Crippen LogP contribution in [0.2, 0.25) is 0 Å². The molecule has 0 radical (unpaired) electrons. The number of rotatable bonds is 6. The second-order valence-electron chi connectivity index (χ2n) is 8.00. The summed E-state index contributed by atoms with van der Waals surface area (Å²) in [5.74, 6) is 0.390. The second-order valence-corrected chi connectivity index (χ2v) is 8.00. The van der Waals surface area contributed by atoms with Gasteiger partial charge in [-0.3, -0.25) is 0 Å². The van der Waals surface area contributed by atoms with Gasteiger partial charge in [0.15, 0.2) is 0 Å². The first-order valence-corrected chi connectivity index (χ1v) is 10.6. The summed E-state index contributed by atoms with van der Waals surface area (Å²) in [6.07, 6.45) is -3.45. The van der Waals surface area contributed by atoms with Crippen LogP contribution in [0, 0.1) is 5.92 Å². The molecule has 0 amide bonds. The summed E-state index contributed by atoms with van der Waals surface area (Å²) in [5, 5.41) is 3.50. The normalized spacial score (nSPS) is 18.9. The van der Waals surface area contributed by atoms with E-state index in [2.05, 4.69) is 53.8 Å². The molecule has 2 atom stereocenters. The third kappa shape index (κ3) is 5.91. The van der Waals surface area contributed by atoms with E-state index in [1.165, 1.54) is 23.3 Å². The molecule has 6 heteroatoms. The average molecular weight is 462 g/mol. The molecule has 0 unspecified atom stereocenters. The number of ether oxygens (including phenoxy) is 1. The Kier molecular flexibility index (Phi) is 8.35. The minimum atomic E-state index is -4.32. The Bertz CT molecular complexity index is 909. The molecule has 3 aromatic carbocycles. The molecule has 1 fully saturated rings. The smallest absolute Gasteiger partial charge is 0.373 e. The van der Waals surface area contributed by atoms with Crippen LogP contribution in [-0.4, -0.2) is 19.2 Å². The molecule has 0 bridgehead atoms. The lowest BCUT2D eigenvalue weighted by Gasteiger charge is -2.38. The summed E-state index contributed by atoms with van der Waals surface area (Å²) >= 11 is 0. The van der Waals surface area contributed by atoms with Crippen LogP contribution in [0.25, 0.3) is 0 Å². The molecule has 1 heterocycles. The van der Waals surface area contributed by atoms with E-state index < -0.39 is 11.7 Å². The van der Waals surface area contributed by atoms with Crippen molar-refractivity contribution >= 4 is 12.4 Å². The summed E-state index contributed by atoms with van der Waals surface area (Å²) in [6, 6.07) is 26.1. The van der Waals surface area contributed by atoms with Crippen molar-refractivity contribution in [3.63, 3.8) is 0 Å². The van der Waals surface area contributed by atoms with Crippen LogP contribution in [0.5, 0.6) is 0 Å². The van der Waals surface area contributed by atoms with Crippen molar-refractivity contribution in [2.45, 2.75) is 31.2 Å². The van der Waals surface area contributed by atoms with Gasteiger partial charge in [-0.1, -0.05) is 72.8 Å². The van der Waals surface area contributed by atoms with E-state index in [9.17, 15) is 13.2 Å². The predicted molar refractivity (Wildman–Crippen MR) is 123 cm³/mol. The van der Waals surface area contributed by atoms with Crippen molar-refractivity contribution < 1.29 is 17.9 Å². The number of nitrogens with one attached hydrogen (secondary N) is 1. The summed E-state index contributed by atoms with van der Waals surface area (Å²) in [5.41, 5.74) is 2.60. The quantitative estimate of drug-likeness (QED) is 0.455. The first-order valence-electron chi connectivity index (χ1n) is 10.6. The lowest BCUT2D eigenvalue weighted by Crippen LogP contribution is -2.44. The molecule has 1 aliphatic rings. The van der Waals surface area contributed by atoms with E-state index in [-0.39, 0.29) is 30.3 Å². The number of halogens is 4. The number of alkyl halides is 3. The van der Waals surface area contributed by atoms with Crippen molar-refractivity contribution in [2.75, 3.05) is 13.1 Å². The van der Waals surface area contributed by atoms with Gasteiger partial charge in [0, 0.05) is 18.4 Å². The van der Waals surface area contributed by atoms with Crippen LogP contribution < -0.4 is 5.32 Å². The van der Waals surface area contributed by atoms with E-state index in [0.29, 0.717) is 6.61 Å². The molecule has 1 aliphatic heterocycles. The van der Waals surface area contributed by atoms with Gasteiger partial charge in [0.1, 0.15) is 0 Å². The highest BCUT2D eigenvalue weighted by atomic mass is 35.5. The Morgan fingerprint density at radius 1 is 0.844 bits per heavy atom. The molecule has 1 N–H and O–H groups in total. The molecule has 0 spiro atoms. The maximum Gasteiger partial charge on any atom is 0.416 e. The maximum atomic E-state index is 12.8. The highest BCUT2D eigenvalue weighted by molar-refractivity contribution is 5.85. The van der Waals surface area contributed by atoms with Crippen molar-refractivity contribution in [2.24, 2.45) is 5.92 Å². The Morgan fingerprint density at radius 2 is 1.41 bits per heavy atom. The number of benzene rings is 3. The molecule has 2 nitrogen and oxygen atoms in total. The molecule has 0 saturated carbocycles. The van der Waals surface area contributed by atoms with Crippen LogP contribution in [0.15, 0.2) is 84.9 Å². The molecule has 32 heavy (non-hydrogen) atoms. The zero-order valence-corrected chi connectivity index (χ0v) is 18.4. The van der Waals surface area contributed by atoms with Crippen LogP contribution in [0.3, 0.4) is 0 Å². The molecule has 4 rings (SSSR count). The Balaban J connectivity index is 0.00000289. The summed E-state index contributed by atoms with van der Waals surface area (Å²) in [4.78, 5) is 0. The lowest BCUT2D eigenvalue weighted by molar-refractivity contribution is -0.137. The molecule has 170 valence electrons. The Hall–Kier alpha value is -2.34. The zero-order valence-electron chi connectivity index (χ0n) is 17.6. The van der Waals surface area contributed by atoms with E-state index in [1.807, 2.05) is 12.1 Å². The van der Waals surface area contributed by atoms with Crippen molar-refractivity contribution in [1.29, 1.82) is 0 Å². The van der Waals surface area contributed by atoms with Gasteiger partial charge >= 0.3 is 6.18 Å². The number of piperidine rings is 1. The average Bonchev–Trinajstić information content (AvgIpc) is 2.80. The second kappa shape index (κ2) is 11.0. The highest BCUT2D eigenvalue weighted by Crippen LogP contribution is 2.37. The number of hydrogen-bond acceptors (Lipinski definition) is 2. The van der Waals surface area contributed by atoms with Gasteiger partial charge in [-0.2, -0.15) is 13.2 Å². The van der Waals surface area contributed by atoms with E-state index in [4.69, 9.17) is 4.74 Å². The van der Waals surface area contributed by atoms with Crippen molar-refractivity contribution in [3.05, 3.63) is 107 Å². The Labute approximate surface area is 193 Å². The van der Waals surface area contributed by atoms with Gasteiger partial charge in [-0.05, 0) is 41.8 Å². The summed E-state index contributed by atoms with van der Waals surface area (Å²) in [6.45, 7) is 1.99. The fourth-order valence-electron chi connectivity index (χ4n) is 4.40. The van der Waals surface area contributed by atoms with Crippen LogP contribution in [-0.2, 0) is 17.5 Å². The van der Waals surface area contributed by atoms with E-state index in [0.717, 1.165) is 37.2 Å². The fraction of sp³-hybridized carbons (Fsp3) is 0.308. The SMILES string of the molecule is Cl.FC(F)(F)c1ccc(CO[C@@H]2CCNC[C@@H]2C(c2ccccc2)c2ccccc2)cc1. The number of hydrogen-bond donors (Lipinski definition) is 1. The molecular formula is C26H27ClF3NO. The molecule has 3 aromatic rings. The van der Waals surface area contributed by atoms with Crippen molar-refractivity contribution in [1.82, 2.24) is 5.32 Å². The van der Waals surface area contributed by atoms with Gasteiger partial charge in [-0.15, -0.1) is 12.4 Å². The molecule has 1 saturated heterocycles. The fourth-order valence-corrected chi connectivity index (χ4v) is 4.40. The van der Waals surface area contributed by atoms with Crippen molar-refractivity contribution in [3.8, 4) is 0 Å². The van der Waals surface area contributed by atoms with Gasteiger partial charge in [0.05, 0.1) is 18.3 Å². The molecule has 0 aliphatic carbocycles. The molecular weight excluding hydrogens is 435 g/mol. The van der Waals surface area contributed by atoms with Gasteiger partial charge in [0.25, 0.3) is 0 Å². The molecule has 0 aromatic heterocycles. The van der Waals surface area contributed by atoms with Crippen LogP contribution in [0.4, 0.5) is 13.2 Å². The van der Waals surface area contributed by atoms with E-state index >= 15 is 0 Å². The van der Waals surface area contributed by atoms with Gasteiger partial charge in [0.2, 0.25) is 0 Å². The minimum absolute atomic E-state index is 0. The van der Waals surface area contributed by atoms with Crippen LogP contribution in [0.1, 0.15) is 34.6 Å². The zero-order chi connectivity index (χ0) is 21.7. The third-order valence-corrected chi connectivity index (χ3v) is 5.95. The monoisotopic (exact) mass is 461 g/mol. The standard InChI is InChI=1S/C26H26F3NO.ClH/c27-26(28,29)22-13-11-19(12-14-22)18-31-24-15-16-30-17-23(24)25(20-7-3-1-4-8-20)21-9-5-2-6-10-21;/h1-14,23-25,30H,15-18H2;1H/t23-,24+;/m0./s1. The van der Waals surface area contributed by atoms with Crippen LogP contribution >= 0.6 is 12.4 Å². The first-order chi connectivity index (χ1) is 15.0.